The molecule has 0 aliphatic carbocycles. The summed E-state index contributed by atoms with van der Waals surface area (Å²) in [6.07, 6.45) is -1.08. The van der Waals surface area contributed by atoms with Gasteiger partial charge in [0.1, 0.15) is 18.2 Å². The lowest BCUT2D eigenvalue weighted by Crippen LogP contribution is -2.53. The molecule has 0 saturated carbocycles. The number of nitrogens with one attached hydrogen (secondary N) is 2. The predicted molar refractivity (Wildman–Crippen MR) is 98.1 cm³/mol. The smallest absolute Gasteiger partial charge is 0.325 e. The van der Waals surface area contributed by atoms with E-state index in [4.69, 9.17) is 4.74 Å². The van der Waals surface area contributed by atoms with Crippen LogP contribution in [0.3, 0.4) is 0 Å². The Kier molecular flexibility index (Phi) is 5.12. The first kappa shape index (κ1) is 19.8. The van der Waals surface area contributed by atoms with Gasteiger partial charge in [-0.2, -0.15) is 0 Å². The summed E-state index contributed by atoms with van der Waals surface area (Å²) < 4.78 is 5.24. The Bertz CT molecular complexity index is 845. The minimum Gasteiger partial charge on any atom is -0.459 e. The number of hydrogen-bond acceptors (Lipinski definition) is 7. The average molecular weight is 389 g/mol. The first-order valence-electron chi connectivity index (χ1n) is 9.01. The molecule has 3 rings (SSSR count). The molecule has 2 aliphatic heterocycles. The number of hydrogen-bond donors (Lipinski definition) is 3. The fourth-order valence-electron chi connectivity index (χ4n) is 3.37. The highest BCUT2D eigenvalue weighted by molar-refractivity contribution is 6.08. The van der Waals surface area contributed by atoms with E-state index in [9.17, 15) is 24.3 Å². The van der Waals surface area contributed by atoms with E-state index in [1.807, 2.05) is 0 Å². The third-order valence-corrected chi connectivity index (χ3v) is 4.48. The van der Waals surface area contributed by atoms with E-state index in [2.05, 4.69) is 10.6 Å². The Morgan fingerprint density at radius 3 is 2.68 bits per heavy atom. The minimum atomic E-state index is -1.31. The molecule has 0 aromatic heterocycles. The highest BCUT2D eigenvalue weighted by Gasteiger charge is 2.45. The van der Waals surface area contributed by atoms with Crippen LogP contribution in [0, 0.1) is 0 Å². The SMILES string of the molecule is CC(C)(C)OC(=O)CNc1cccc2c1C(=O)N(C1CCC(=O)NC1=O)C2O. The average Bonchev–Trinajstić information content (AvgIpc) is 2.84. The van der Waals surface area contributed by atoms with E-state index in [1.54, 1.807) is 39.0 Å². The number of piperidine rings is 1. The van der Waals surface area contributed by atoms with Gasteiger partial charge < -0.3 is 15.2 Å². The second-order valence-electron chi connectivity index (χ2n) is 7.76. The minimum absolute atomic E-state index is 0.0903. The van der Waals surface area contributed by atoms with Crippen LogP contribution in [0.2, 0.25) is 0 Å². The van der Waals surface area contributed by atoms with Crippen molar-refractivity contribution in [3.8, 4) is 0 Å². The number of amides is 3. The third kappa shape index (κ3) is 3.84. The van der Waals surface area contributed by atoms with Crippen LogP contribution in [0.1, 0.15) is 55.8 Å². The number of aliphatic hydroxyl groups excluding tert-OH is 1. The monoisotopic (exact) mass is 389 g/mol. The normalized spacial score (nSPS) is 22.0. The lowest BCUT2D eigenvalue weighted by atomic mass is 10.0. The van der Waals surface area contributed by atoms with Gasteiger partial charge in [0.15, 0.2) is 6.23 Å². The van der Waals surface area contributed by atoms with Crippen molar-refractivity contribution in [2.24, 2.45) is 0 Å². The Balaban J connectivity index is 1.80. The molecule has 3 amide bonds. The van der Waals surface area contributed by atoms with Gasteiger partial charge in [-0.1, -0.05) is 12.1 Å². The molecule has 2 unspecified atom stereocenters. The molecule has 150 valence electrons. The van der Waals surface area contributed by atoms with E-state index in [-0.39, 0.29) is 24.9 Å². The van der Waals surface area contributed by atoms with Crippen LogP contribution in [0.15, 0.2) is 18.2 Å². The van der Waals surface area contributed by atoms with Gasteiger partial charge in [0.25, 0.3) is 5.91 Å². The Labute approximate surface area is 162 Å². The highest BCUT2D eigenvalue weighted by Crippen LogP contribution is 2.38. The molecule has 0 bridgehead atoms. The lowest BCUT2D eigenvalue weighted by Gasteiger charge is -2.31. The molecular weight excluding hydrogens is 366 g/mol. The fraction of sp³-hybridized carbons (Fsp3) is 0.474. The van der Waals surface area contributed by atoms with E-state index < -0.39 is 41.6 Å². The topological polar surface area (TPSA) is 125 Å². The van der Waals surface area contributed by atoms with Crippen LogP contribution in [0.25, 0.3) is 0 Å². The van der Waals surface area contributed by atoms with Crippen molar-refractivity contribution in [3.63, 3.8) is 0 Å². The maximum absolute atomic E-state index is 13.0. The largest absolute Gasteiger partial charge is 0.459 e. The number of esters is 1. The van der Waals surface area contributed by atoms with E-state index in [0.29, 0.717) is 11.3 Å². The molecule has 2 aliphatic rings. The van der Waals surface area contributed by atoms with Gasteiger partial charge in [-0.25, -0.2) is 0 Å². The van der Waals surface area contributed by atoms with Gasteiger partial charge in [0.05, 0.1) is 5.56 Å². The van der Waals surface area contributed by atoms with Gasteiger partial charge in [0, 0.05) is 17.7 Å². The number of carbonyl (C=O) groups is 4. The molecule has 1 aromatic carbocycles. The number of fused-ring (bicyclic) bond motifs is 1. The number of imide groups is 1. The first-order valence-corrected chi connectivity index (χ1v) is 9.01. The number of ether oxygens (including phenoxy) is 1. The summed E-state index contributed by atoms with van der Waals surface area (Å²) in [5, 5.41) is 15.7. The summed E-state index contributed by atoms with van der Waals surface area (Å²) in [4.78, 5) is 49.5. The molecule has 1 saturated heterocycles. The molecule has 0 radical (unpaired) electrons. The van der Waals surface area contributed by atoms with Crippen LogP contribution in [0.4, 0.5) is 5.69 Å². The molecular formula is C19H23N3O6. The maximum Gasteiger partial charge on any atom is 0.325 e. The van der Waals surface area contributed by atoms with E-state index in [1.165, 1.54) is 0 Å². The van der Waals surface area contributed by atoms with E-state index >= 15 is 0 Å². The number of aliphatic hydroxyl groups is 1. The summed E-state index contributed by atoms with van der Waals surface area (Å²) >= 11 is 0. The number of rotatable bonds is 4. The van der Waals surface area contributed by atoms with Gasteiger partial charge in [-0.05, 0) is 33.3 Å². The van der Waals surface area contributed by atoms with Crippen LogP contribution in [-0.4, -0.2) is 51.9 Å². The molecule has 1 fully saturated rings. The third-order valence-electron chi connectivity index (χ3n) is 4.48. The van der Waals surface area contributed by atoms with Crippen LogP contribution >= 0.6 is 0 Å². The Hall–Kier alpha value is -2.94. The lowest BCUT2D eigenvalue weighted by molar-refractivity contribution is -0.152. The second-order valence-corrected chi connectivity index (χ2v) is 7.76. The molecule has 3 N–H and O–H groups in total. The van der Waals surface area contributed by atoms with E-state index in [0.717, 1.165) is 4.90 Å². The summed E-state index contributed by atoms with van der Waals surface area (Å²) in [5.74, 6) is -2.04. The second kappa shape index (κ2) is 7.23. The summed E-state index contributed by atoms with van der Waals surface area (Å²) in [5.41, 5.74) is 0.265. The molecule has 9 nitrogen and oxygen atoms in total. The van der Waals surface area contributed by atoms with Crippen LogP contribution in [-0.2, 0) is 19.1 Å². The number of nitrogens with zero attached hydrogens (tertiary/aromatic N) is 1. The van der Waals surface area contributed by atoms with Crippen LogP contribution in [0.5, 0.6) is 0 Å². The standard InChI is InChI=1S/C19H23N3O6/c1-19(2,3)28-14(24)9-20-11-6-4-5-10-15(11)18(27)22(17(10)26)12-7-8-13(23)21-16(12)25/h4-6,12,17,20,26H,7-9H2,1-3H3,(H,21,23,25). The molecule has 2 atom stereocenters. The maximum atomic E-state index is 13.0. The Morgan fingerprint density at radius 1 is 1.32 bits per heavy atom. The molecule has 28 heavy (non-hydrogen) atoms. The summed E-state index contributed by atoms with van der Waals surface area (Å²) in [7, 11) is 0. The zero-order valence-corrected chi connectivity index (χ0v) is 15.9. The molecule has 9 heteroatoms. The zero-order valence-electron chi connectivity index (χ0n) is 15.9. The van der Waals surface area contributed by atoms with Gasteiger partial charge in [0.2, 0.25) is 11.8 Å². The summed E-state index contributed by atoms with van der Waals surface area (Å²) in [6, 6.07) is 3.90. The first-order chi connectivity index (χ1) is 13.1. The van der Waals surface area contributed by atoms with Crippen molar-refractivity contribution < 1.29 is 29.0 Å². The van der Waals surface area contributed by atoms with Gasteiger partial charge in [-0.3, -0.25) is 29.4 Å². The van der Waals surface area contributed by atoms with Crippen molar-refractivity contribution in [1.29, 1.82) is 0 Å². The van der Waals surface area contributed by atoms with Crippen molar-refractivity contribution in [1.82, 2.24) is 10.2 Å². The number of carbonyl (C=O) groups excluding carboxylic acids is 4. The number of benzene rings is 1. The van der Waals surface area contributed by atoms with Crippen molar-refractivity contribution >= 4 is 29.4 Å². The van der Waals surface area contributed by atoms with Crippen molar-refractivity contribution in [2.75, 3.05) is 11.9 Å². The zero-order chi connectivity index (χ0) is 20.6. The highest BCUT2D eigenvalue weighted by atomic mass is 16.6. The van der Waals surface area contributed by atoms with Gasteiger partial charge >= 0.3 is 5.97 Å². The number of anilines is 1. The molecule has 1 aromatic rings. The van der Waals surface area contributed by atoms with Crippen LogP contribution < -0.4 is 10.6 Å². The van der Waals surface area contributed by atoms with Crippen molar-refractivity contribution in [2.45, 2.75) is 51.5 Å². The van der Waals surface area contributed by atoms with Crippen molar-refractivity contribution in [3.05, 3.63) is 29.3 Å². The summed E-state index contributed by atoms with van der Waals surface area (Å²) in [6.45, 7) is 5.10. The Morgan fingerprint density at radius 2 is 2.04 bits per heavy atom. The fourth-order valence-corrected chi connectivity index (χ4v) is 3.37. The molecule has 2 heterocycles. The predicted octanol–water partition coefficient (Wildman–Crippen LogP) is 0.692. The molecule has 0 spiro atoms. The quantitative estimate of drug-likeness (QED) is 0.511. The van der Waals surface area contributed by atoms with Gasteiger partial charge in [-0.15, -0.1) is 0 Å².